The maximum atomic E-state index is 6.32. The second-order valence-corrected chi connectivity index (χ2v) is 5.84. The van der Waals surface area contributed by atoms with E-state index in [1.54, 1.807) is 0 Å². The highest BCUT2D eigenvalue weighted by Gasteiger charge is 2.49. The molecule has 2 aliphatic heterocycles. The largest absolute Gasteiger partial charge is 0.369 e. The molecule has 0 bridgehead atoms. The quantitative estimate of drug-likeness (QED) is 0.643. The number of nitrogens with one attached hydrogen (secondary N) is 1. The lowest BCUT2D eigenvalue weighted by atomic mass is 9.78. The van der Waals surface area contributed by atoms with E-state index in [1.165, 1.54) is 19.3 Å². The smallest absolute Gasteiger partial charge is 0.0743 e. The second kappa shape index (κ2) is 3.21. The van der Waals surface area contributed by atoms with Crippen LogP contribution in [-0.2, 0) is 4.74 Å². The molecule has 0 aliphatic carbocycles. The molecule has 0 radical (unpaired) electrons. The molecule has 2 heteroatoms. The Morgan fingerprint density at radius 3 is 2.50 bits per heavy atom. The normalized spacial score (nSPS) is 47.1. The van der Waals surface area contributed by atoms with E-state index in [1.807, 2.05) is 0 Å². The molecule has 2 saturated heterocycles. The Morgan fingerprint density at radius 1 is 1.21 bits per heavy atom. The molecule has 3 unspecified atom stereocenters. The third-order valence-corrected chi connectivity index (χ3v) is 3.95. The van der Waals surface area contributed by atoms with Crippen LogP contribution in [0.2, 0.25) is 0 Å². The van der Waals surface area contributed by atoms with Gasteiger partial charge in [0.2, 0.25) is 0 Å². The summed E-state index contributed by atoms with van der Waals surface area (Å²) in [5.74, 6) is 0.653. The van der Waals surface area contributed by atoms with E-state index in [2.05, 4.69) is 33.0 Å². The van der Waals surface area contributed by atoms with Gasteiger partial charge in [-0.05, 0) is 46.0 Å². The van der Waals surface area contributed by atoms with Crippen molar-refractivity contribution in [3.8, 4) is 0 Å². The monoisotopic (exact) mass is 197 g/mol. The molecule has 2 nitrogen and oxygen atoms in total. The van der Waals surface area contributed by atoms with Crippen LogP contribution in [-0.4, -0.2) is 23.8 Å². The van der Waals surface area contributed by atoms with Crippen molar-refractivity contribution in [3.63, 3.8) is 0 Å². The standard InChI is InChI=1S/C12H23NO/c1-9-8-13-10(2)7-12(9)6-5-11(3,4)14-12/h9-10,13H,5-8H2,1-4H3. The van der Waals surface area contributed by atoms with Crippen LogP contribution in [0.5, 0.6) is 0 Å². The first-order valence-corrected chi connectivity index (χ1v) is 5.87. The zero-order valence-corrected chi connectivity index (χ0v) is 9.89. The Labute approximate surface area is 87.4 Å². The van der Waals surface area contributed by atoms with E-state index in [-0.39, 0.29) is 11.2 Å². The molecular weight excluding hydrogens is 174 g/mol. The van der Waals surface area contributed by atoms with Crippen LogP contribution in [0.15, 0.2) is 0 Å². The van der Waals surface area contributed by atoms with Crippen molar-refractivity contribution < 1.29 is 4.74 Å². The SMILES string of the molecule is CC1CC2(CCC(C)(C)O2)C(C)CN1. The van der Waals surface area contributed by atoms with E-state index in [4.69, 9.17) is 4.74 Å². The molecule has 0 aromatic rings. The molecule has 2 fully saturated rings. The summed E-state index contributed by atoms with van der Waals surface area (Å²) in [4.78, 5) is 0. The number of hydrogen-bond acceptors (Lipinski definition) is 2. The lowest BCUT2D eigenvalue weighted by Gasteiger charge is -2.43. The van der Waals surface area contributed by atoms with Gasteiger partial charge in [0.15, 0.2) is 0 Å². The van der Waals surface area contributed by atoms with Crippen LogP contribution < -0.4 is 5.32 Å². The summed E-state index contributed by atoms with van der Waals surface area (Å²) in [6.45, 7) is 10.1. The van der Waals surface area contributed by atoms with Gasteiger partial charge in [-0.1, -0.05) is 6.92 Å². The second-order valence-electron chi connectivity index (χ2n) is 5.84. The average molecular weight is 197 g/mol. The van der Waals surface area contributed by atoms with Crippen molar-refractivity contribution in [2.24, 2.45) is 5.92 Å². The van der Waals surface area contributed by atoms with Gasteiger partial charge in [0.1, 0.15) is 0 Å². The molecule has 0 aromatic carbocycles. The van der Waals surface area contributed by atoms with Gasteiger partial charge in [-0.3, -0.25) is 0 Å². The Morgan fingerprint density at radius 2 is 1.93 bits per heavy atom. The van der Waals surface area contributed by atoms with E-state index in [0.717, 1.165) is 6.54 Å². The zero-order chi connectivity index (χ0) is 10.4. The van der Waals surface area contributed by atoms with Gasteiger partial charge >= 0.3 is 0 Å². The van der Waals surface area contributed by atoms with E-state index >= 15 is 0 Å². The van der Waals surface area contributed by atoms with Crippen LogP contribution in [0, 0.1) is 5.92 Å². The van der Waals surface area contributed by atoms with Crippen LogP contribution in [0.25, 0.3) is 0 Å². The Bertz CT molecular complexity index is 226. The van der Waals surface area contributed by atoms with Gasteiger partial charge in [0.05, 0.1) is 11.2 Å². The number of ether oxygens (including phenoxy) is 1. The summed E-state index contributed by atoms with van der Waals surface area (Å²) in [6.07, 6.45) is 3.63. The van der Waals surface area contributed by atoms with Crippen LogP contribution >= 0.6 is 0 Å². The van der Waals surface area contributed by atoms with Crippen molar-refractivity contribution in [1.29, 1.82) is 0 Å². The minimum absolute atomic E-state index is 0.102. The molecule has 1 spiro atoms. The van der Waals surface area contributed by atoms with Gasteiger partial charge in [0, 0.05) is 12.6 Å². The van der Waals surface area contributed by atoms with Crippen molar-refractivity contribution in [2.75, 3.05) is 6.54 Å². The Hall–Kier alpha value is -0.0800. The number of piperidine rings is 1. The molecule has 1 N–H and O–H groups in total. The first kappa shape index (κ1) is 10.4. The van der Waals surface area contributed by atoms with Crippen molar-refractivity contribution in [2.45, 2.75) is 64.2 Å². The molecule has 82 valence electrons. The molecule has 3 atom stereocenters. The Kier molecular flexibility index (Phi) is 2.39. The maximum absolute atomic E-state index is 6.32. The van der Waals surface area contributed by atoms with Crippen molar-refractivity contribution >= 4 is 0 Å². The fourth-order valence-electron chi connectivity index (χ4n) is 3.01. The topological polar surface area (TPSA) is 21.3 Å². The fourth-order valence-corrected chi connectivity index (χ4v) is 3.01. The molecule has 0 amide bonds. The van der Waals surface area contributed by atoms with Crippen LogP contribution in [0.3, 0.4) is 0 Å². The van der Waals surface area contributed by atoms with E-state index < -0.39 is 0 Å². The third kappa shape index (κ3) is 1.70. The van der Waals surface area contributed by atoms with Gasteiger partial charge in [0.25, 0.3) is 0 Å². The molecule has 2 heterocycles. The molecule has 2 rings (SSSR count). The summed E-state index contributed by atoms with van der Waals surface area (Å²) in [5, 5.41) is 3.53. The zero-order valence-electron chi connectivity index (χ0n) is 9.89. The fraction of sp³-hybridized carbons (Fsp3) is 1.00. The van der Waals surface area contributed by atoms with Gasteiger partial charge < -0.3 is 10.1 Å². The Balaban J connectivity index is 2.14. The first-order valence-electron chi connectivity index (χ1n) is 5.87. The van der Waals surface area contributed by atoms with E-state index in [9.17, 15) is 0 Å². The lowest BCUT2D eigenvalue weighted by molar-refractivity contribution is -0.130. The first-order chi connectivity index (χ1) is 6.44. The highest BCUT2D eigenvalue weighted by molar-refractivity contribution is 5.01. The maximum Gasteiger partial charge on any atom is 0.0743 e. The minimum Gasteiger partial charge on any atom is -0.369 e. The molecule has 2 aliphatic rings. The van der Waals surface area contributed by atoms with Crippen LogP contribution in [0.4, 0.5) is 0 Å². The summed E-state index contributed by atoms with van der Waals surface area (Å²) < 4.78 is 6.32. The van der Waals surface area contributed by atoms with Crippen molar-refractivity contribution in [3.05, 3.63) is 0 Å². The predicted molar refractivity (Wildman–Crippen MR) is 58.4 cm³/mol. The number of rotatable bonds is 0. The van der Waals surface area contributed by atoms with Crippen LogP contribution in [0.1, 0.15) is 47.0 Å². The summed E-state index contributed by atoms with van der Waals surface area (Å²) in [5.41, 5.74) is 0.277. The summed E-state index contributed by atoms with van der Waals surface area (Å²) >= 11 is 0. The van der Waals surface area contributed by atoms with Crippen molar-refractivity contribution in [1.82, 2.24) is 5.32 Å². The minimum atomic E-state index is 0.102. The number of hydrogen-bond donors (Lipinski definition) is 1. The lowest BCUT2D eigenvalue weighted by Crippen LogP contribution is -2.53. The van der Waals surface area contributed by atoms with Gasteiger partial charge in [-0.25, -0.2) is 0 Å². The highest BCUT2D eigenvalue weighted by Crippen LogP contribution is 2.46. The van der Waals surface area contributed by atoms with Gasteiger partial charge in [-0.15, -0.1) is 0 Å². The molecule has 14 heavy (non-hydrogen) atoms. The highest BCUT2D eigenvalue weighted by atomic mass is 16.5. The van der Waals surface area contributed by atoms with Gasteiger partial charge in [-0.2, -0.15) is 0 Å². The predicted octanol–water partition coefficient (Wildman–Crippen LogP) is 2.33. The molecular formula is C12H23NO. The average Bonchev–Trinajstić information content (AvgIpc) is 2.37. The summed E-state index contributed by atoms with van der Waals surface area (Å²) in [7, 11) is 0. The molecule has 0 aromatic heterocycles. The summed E-state index contributed by atoms with van der Waals surface area (Å²) in [6, 6.07) is 0.611. The van der Waals surface area contributed by atoms with E-state index in [0.29, 0.717) is 12.0 Å². The molecule has 0 saturated carbocycles. The third-order valence-electron chi connectivity index (χ3n) is 3.95.